The number of carbonyl (C=O) groups excluding carboxylic acids is 2. The van der Waals surface area contributed by atoms with Crippen molar-refractivity contribution in [2.45, 2.75) is 44.3 Å². The van der Waals surface area contributed by atoms with E-state index in [1.807, 2.05) is 72.8 Å². The van der Waals surface area contributed by atoms with Crippen LogP contribution in [0.1, 0.15) is 38.9 Å². The number of aromatic nitrogens is 1. The van der Waals surface area contributed by atoms with Crippen molar-refractivity contribution < 1.29 is 35.9 Å². The molecule has 0 saturated heterocycles. The minimum atomic E-state index is -4.51. The van der Waals surface area contributed by atoms with Crippen molar-refractivity contribution in [3.8, 4) is 11.3 Å². The minimum absolute atomic E-state index is 0.0152. The summed E-state index contributed by atoms with van der Waals surface area (Å²) in [5.74, 6) is -0.925. The zero-order valence-electron chi connectivity index (χ0n) is 27.7. The van der Waals surface area contributed by atoms with Crippen LogP contribution in [0, 0.1) is 0 Å². The van der Waals surface area contributed by atoms with Gasteiger partial charge in [0.25, 0.3) is 0 Å². The fourth-order valence-electron chi connectivity index (χ4n) is 6.20. The molecule has 6 rings (SSSR count). The highest BCUT2D eigenvalue weighted by molar-refractivity contribution is 5.96. The van der Waals surface area contributed by atoms with Crippen molar-refractivity contribution in [1.29, 1.82) is 0 Å². The van der Waals surface area contributed by atoms with Gasteiger partial charge in [-0.2, -0.15) is 26.3 Å². The molecule has 0 aliphatic carbocycles. The summed E-state index contributed by atoms with van der Waals surface area (Å²) in [6.45, 7) is 0.238. The van der Waals surface area contributed by atoms with Crippen LogP contribution in [-0.4, -0.2) is 39.2 Å². The Hall–Kier alpha value is -5.71. The second-order valence-corrected chi connectivity index (χ2v) is 12.5. The van der Waals surface area contributed by atoms with E-state index in [-0.39, 0.29) is 38.4 Å². The first-order valence-corrected chi connectivity index (χ1v) is 16.5. The highest BCUT2D eigenvalue weighted by atomic mass is 19.4. The van der Waals surface area contributed by atoms with Crippen molar-refractivity contribution in [3.05, 3.63) is 166 Å². The number of alkyl halides is 6. The molecule has 52 heavy (non-hydrogen) atoms. The number of amides is 2. The second-order valence-electron chi connectivity index (χ2n) is 12.5. The Morgan fingerprint density at radius 2 is 1.42 bits per heavy atom. The molecular weight excluding hydrogens is 680 g/mol. The maximum absolute atomic E-state index is 14.5. The molecule has 0 N–H and O–H groups in total. The Morgan fingerprint density at radius 3 is 2.08 bits per heavy atom. The molecule has 5 nitrogen and oxygen atoms in total. The van der Waals surface area contributed by atoms with Crippen molar-refractivity contribution in [2.24, 2.45) is 0 Å². The molecule has 0 unspecified atom stereocenters. The van der Waals surface area contributed by atoms with Gasteiger partial charge in [0, 0.05) is 43.9 Å². The summed E-state index contributed by atoms with van der Waals surface area (Å²) in [7, 11) is 0. The van der Waals surface area contributed by atoms with E-state index in [1.54, 1.807) is 11.1 Å². The van der Waals surface area contributed by atoms with E-state index < -0.39 is 35.4 Å². The van der Waals surface area contributed by atoms with Gasteiger partial charge in [-0.05, 0) is 76.7 Å². The number of halogens is 6. The van der Waals surface area contributed by atoms with Crippen molar-refractivity contribution in [1.82, 2.24) is 14.8 Å². The maximum Gasteiger partial charge on any atom is 0.416 e. The summed E-state index contributed by atoms with van der Waals surface area (Å²) in [4.78, 5) is 36.1. The number of nitrogens with zero attached hydrogens (tertiary/aromatic N) is 3. The van der Waals surface area contributed by atoms with E-state index in [2.05, 4.69) is 4.98 Å². The monoisotopic (exact) mass is 713 g/mol. The zero-order valence-corrected chi connectivity index (χ0v) is 27.7. The quantitative estimate of drug-likeness (QED) is 0.113. The summed E-state index contributed by atoms with van der Waals surface area (Å²) >= 11 is 0. The topological polar surface area (TPSA) is 53.5 Å². The molecule has 2 amide bonds. The average molecular weight is 714 g/mol. The molecule has 2 heterocycles. The van der Waals surface area contributed by atoms with Crippen molar-refractivity contribution in [3.63, 3.8) is 0 Å². The molecule has 4 aromatic carbocycles. The van der Waals surface area contributed by atoms with E-state index in [0.29, 0.717) is 22.3 Å². The Morgan fingerprint density at radius 1 is 0.750 bits per heavy atom. The second kappa shape index (κ2) is 15.3. The lowest BCUT2D eigenvalue weighted by molar-refractivity contribution is -0.144. The van der Waals surface area contributed by atoms with Crippen LogP contribution in [0.2, 0.25) is 0 Å². The molecule has 1 aliphatic heterocycles. The Bertz CT molecular complexity index is 2030. The first-order valence-electron chi connectivity index (χ1n) is 16.5. The van der Waals surface area contributed by atoms with Gasteiger partial charge in [0.05, 0.1) is 16.8 Å². The number of pyridine rings is 1. The van der Waals surface area contributed by atoms with Crippen LogP contribution in [0.5, 0.6) is 0 Å². The summed E-state index contributed by atoms with van der Waals surface area (Å²) in [5, 5.41) is 0. The number of fused-ring (bicyclic) bond motifs is 1. The lowest BCUT2D eigenvalue weighted by atomic mass is 9.95. The van der Waals surface area contributed by atoms with E-state index in [0.717, 1.165) is 41.1 Å². The fraction of sp³-hybridized carbons (Fsp3) is 0.195. The normalized spacial score (nSPS) is 13.8. The molecule has 266 valence electrons. The smallest absolute Gasteiger partial charge is 0.336 e. The van der Waals surface area contributed by atoms with E-state index in [4.69, 9.17) is 0 Å². The van der Waals surface area contributed by atoms with Gasteiger partial charge in [0.1, 0.15) is 6.04 Å². The van der Waals surface area contributed by atoms with Crippen LogP contribution in [-0.2, 0) is 47.9 Å². The Balaban J connectivity index is 1.34. The SMILES string of the molecule is O=C([C@H](Cc1ccccc1)N(Cc1ccc(-c2ccccn2)cc1)C(=O)/C=C\c1ccc(C(F)(F)F)cc1)N1CCc2cc(C(F)(F)F)ccc2C1. The number of rotatable bonds is 9. The van der Waals surface area contributed by atoms with Gasteiger partial charge < -0.3 is 9.80 Å². The van der Waals surface area contributed by atoms with Crippen LogP contribution in [0.4, 0.5) is 26.3 Å². The molecule has 11 heteroatoms. The van der Waals surface area contributed by atoms with Gasteiger partial charge in [-0.1, -0.05) is 78.9 Å². The summed E-state index contributed by atoms with van der Waals surface area (Å²) in [5.41, 5.74) is 2.99. The lowest BCUT2D eigenvalue weighted by Crippen LogP contribution is -2.52. The van der Waals surface area contributed by atoms with Crippen molar-refractivity contribution in [2.75, 3.05) is 6.54 Å². The van der Waals surface area contributed by atoms with Gasteiger partial charge in [-0.25, -0.2) is 0 Å². The molecule has 1 aromatic heterocycles. The average Bonchev–Trinajstić information content (AvgIpc) is 3.15. The summed E-state index contributed by atoms with van der Waals surface area (Å²) in [6, 6.07) is 29.0. The van der Waals surface area contributed by atoms with Gasteiger partial charge >= 0.3 is 12.4 Å². The van der Waals surface area contributed by atoms with Gasteiger partial charge in [-0.15, -0.1) is 0 Å². The van der Waals surface area contributed by atoms with Crippen LogP contribution in [0.3, 0.4) is 0 Å². The van der Waals surface area contributed by atoms with Gasteiger partial charge in [0.2, 0.25) is 11.8 Å². The Labute approximate surface area is 296 Å². The third-order valence-corrected chi connectivity index (χ3v) is 9.00. The molecule has 5 aromatic rings. The van der Waals surface area contributed by atoms with Crippen LogP contribution in [0.15, 0.2) is 128 Å². The number of carbonyl (C=O) groups is 2. The summed E-state index contributed by atoms with van der Waals surface area (Å²) in [6.07, 6.45) is -4.34. The fourth-order valence-corrected chi connectivity index (χ4v) is 6.20. The van der Waals surface area contributed by atoms with E-state index in [1.165, 1.54) is 35.3 Å². The minimum Gasteiger partial charge on any atom is -0.336 e. The van der Waals surface area contributed by atoms with Crippen LogP contribution < -0.4 is 0 Å². The first-order chi connectivity index (χ1) is 24.8. The predicted octanol–water partition coefficient (Wildman–Crippen LogP) is 9.02. The van der Waals surface area contributed by atoms with Gasteiger partial charge in [-0.3, -0.25) is 14.6 Å². The van der Waals surface area contributed by atoms with Gasteiger partial charge in [0.15, 0.2) is 0 Å². The number of benzene rings is 4. The molecule has 1 aliphatic rings. The third-order valence-electron chi connectivity index (χ3n) is 9.00. The molecule has 1 atom stereocenters. The predicted molar refractivity (Wildman–Crippen MR) is 185 cm³/mol. The van der Waals surface area contributed by atoms with E-state index in [9.17, 15) is 35.9 Å². The summed E-state index contributed by atoms with van der Waals surface area (Å²) < 4.78 is 79.7. The van der Waals surface area contributed by atoms with Crippen LogP contribution in [0.25, 0.3) is 17.3 Å². The molecule has 0 spiro atoms. The zero-order chi connectivity index (χ0) is 36.9. The van der Waals surface area contributed by atoms with Crippen LogP contribution >= 0.6 is 0 Å². The molecule has 0 bridgehead atoms. The third kappa shape index (κ3) is 8.77. The molecular formula is C41H33F6N3O2. The standard InChI is InChI=1S/C41H33F6N3O2/c42-40(43,44)34-17-11-28(12-18-34)13-20-38(51)50(26-30-9-14-31(15-10-30)36-8-4-5-22-48-36)37(24-29-6-2-1-3-7-29)39(52)49-23-21-32-25-35(41(45,46)47)19-16-33(32)27-49/h1-20,22,25,37H,21,23-24,26-27H2/b20-13-/t37-/m0/s1. The molecule has 0 radical (unpaired) electrons. The highest BCUT2D eigenvalue weighted by Crippen LogP contribution is 2.33. The molecule has 0 fully saturated rings. The molecule has 0 saturated carbocycles. The largest absolute Gasteiger partial charge is 0.416 e. The lowest BCUT2D eigenvalue weighted by Gasteiger charge is -2.37. The first kappa shape index (κ1) is 36.1. The highest BCUT2D eigenvalue weighted by Gasteiger charge is 2.36. The van der Waals surface area contributed by atoms with E-state index >= 15 is 0 Å². The number of hydrogen-bond donors (Lipinski definition) is 0. The number of hydrogen-bond acceptors (Lipinski definition) is 3. The Kier molecular flexibility index (Phi) is 10.6. The maximum atomic E-state index is 14.5. The van der Waals surface area contributed by atoms with Crippen molar-refractivity contribution >= 4 is 17.9 Å².